The molecular formula is C35H46N2O7. The number of aromatic hydroxyl groups is 3. The van der Waals surface area contributed by atoms with Crippen molar-refractivity contribution in [2.75, 3.05) is 20.8 Å². The molecule has 3 unspecified atom stereocenters. The number of hydrogen-bond donors (Lipinski definition) is 6. The molecule has 0 radical (unpaired) electrons. The minimum absolute atomic E-state index is 0.0214. The molecule has 1 spiro atoms. The van der Waals surface area contributed by atoms with Gasteiger partial charge in [0.25, 0.3) is 0 Å². The van der Waals surface area contributed by atoms with Crippen LogP contribution in [0.4, 0.5) is 0 Å². The van der Waals surface area contributed by atoms with Crippen molar-refractivity contribution in [2.24, 2.45) is 22.5 Å². The fourth-order valence-electron chi connectivity index (χ4n) is 8.47. The molecule has 2 aromatic rings. The maximum absolute atomic E-state index is 14.6. The van der Waals surface area contributed by atoms with Crippen LogP contribution in [0.1, 0.15) is 68.9 Å². The number of nitrogens with one attached hydrogen (secondary N) is 1. The number of carbonyl (C=O) groups is 1. The topological polar surface area (TPSA) is 154 Å². The van der Waals surface area contributed by atoms with Crippen molar-refractivity contribution in [1.29, 1.82) is 0 Å². The summed E-state index contributed by atoms with van der Waals surface area (Å²) in [7, 11) is 2.92. The first-order valence-electron chi connectivity index (χ1n) is 15.7. The van der Waals surface area contributed by atoms with E-state index >= 15 is 0 Å². The van der Waals surface area contributed by atoms with Crippen LogP contribution >= 0.6 is 0 Å². The number of Topliss-reactive ketones (excluding diaryl/α,β-unsaturated/α-hetero) is 1. The van der Waals surface area contributed by atoms with Gasteiger partial charge in [0.1, 0.15) is 5.78 Å². The molecule has 1 heterocycles. The Hall–Kier alpha value is -3.85. The summed E-state index contributed by atoms with van der Waals surface area (Å²) in [5.74, 6) is -0.180. The molecule has 9 nitrogen and oxygen atoms in total. The summed E-state index contributed by atoms with van der Waals surface area (Å²) in [6.07, 6.45) is 11.6. The fourth-order valence-corrected chi connectivity index (χ4v) is 8.47. The summed E-state index contributed by atoms with van der Waals surface area (Å²) < 4.78 is 10.5. The minimum atomic E-state index is -0.925. The Morgan fingerprint density at radius 2 is 1.64 bits per heavy atom. The summed E-state index contributed by atoms with van der Waals surface area (Å²) in [4.78, 5) is 14.6. The van der Waals surface area contributed by atoms with E-state index in [1.54, 1.807) is 18.2 Å². The maximum atomic E-state index is 14.6. The number of phenolic OH excluding ortho intramolecular Hbond substituents is 3. The lowest BCUT2D eigenvalue weighted by atomic mass is 9.52. The second kappa shape index (κ2) is 13.0. The molecule has 0 bridgehead atoms. The quantitative estimate of drug-likeness (QED) is 0.183. The van der Waals surface area contributed by atoms with Gasteiger partial charge in [-0.25, -0.2) is 0 Å². The van der Waals surface area contributed by atoms with Gasteiger partial charge in [-0.3, -0.25) is 4.79 Å². The van der Waals surface area contributed by atoms with Gasteiger partial charge in [-0.05, 0) is 97.4 Å². The molecule has 238 valence electrons. The van der Waals surface area contributed by atoms with E-state index in [0.717, 1.165) is 56.1 Å². The highest BCUT2D eigenvalue weighted by Gasteiger charge is 2.63. The maximum Gasteiger partial charge on any atom is 0.200 e. The second-order valence-corrected chi connectivity index (χ2v) is 12.7. The number of carbonyl (C=O) groups excluding carboxylic acids is 1. The molecular weight excluding hydrogens is 560 g/mol. The molecule has 9 heteroatoms. The van der Waals surface area contributed by atoms with Gasteiger partial charge in [0.05, 0.1) is 32.1 Å². The molecule has 2 aliphatic carbocycles. The molecule has 0 saturated heterocycles. The zero-order valence-corrected chi connectivity index (χ0v) is 25.8. The van der Waals surface area contributed by atoms with Crippen LogP contribution in [-0.2, 0) is 17.6 Å². The zero-order chi connectivity index (χ0) is 31.5. The minimum Gasteiger partial charge on any atom is -0.504 e. The lowest BCUT2D eigenvalue weighted by Crippen LogP contribution is -2.52. The molecule has 2 aromatic carbocycles. The van der Waals surface area contributed by atoms with Gasteiger partial charge in [-0.15, -0.1) is 0 Å². The number of aliphatic hydroxyl groups excluding tert-OH is 1. The first kappa shape index (κ1) is 31.6. The Balaban J connectivity index is 1.52. The highest BCUT2D eigenvalue weighted by molar-refractivity contribution is 5.84. The highest BCUT2D eigenvalue weighted by atomic mass is 16.5. The lowest BCUT2D eigenvalue weighted by molar-refractivity contribution is -0.137. The van der Waals surface area contributed by atoms with E-state index in [9.17, 15) is 25.2 Å². The number of methoxy groups -OCH3 is 2. The number of rotatable bonds is 12. The van der Waals surface area contributed by atoms with Crippen LogP contribution < -0.4 is 20.5 Å². The Morgan fingerprint density at radius 3 is 2.34 bits per heavy atom. The van der Waals surface area contributed by atoms with Crippen LogP contribution in [0.2, 0.25) is 0 Å². The Kier molecular flexibility index (Phi) is 9.34. The van der Waals surface area contributed by atoms with E-state index < -0.39 is 17.4 Å². The van der Waals surface area contributed by atoms with Crippen molar-refractivity contribution in [3.63, 3.8) is 0 Å². The van der Waals surface area contributed by atoms with Crippen LogP contribution in [0.25, 0.3) is 0 Å². The molecule has 44 heavy (non-hydrogen) atoms. The van der Waals surface area contributed by atoms with Crippen LogP contribution in [0.3, 0.4) is 0 Å². The Morgan fingerprint density at radius 1 is 0.932 bits per heavy atom. The van der Waals surface area contributed by atoms with E-state index in [0.29, 0.717) is 42.9 Å². The molecule has 0 aromatic heterocycles. The number of benzene rings is 2. The summed E-state index contributed by atoms with van der Waals surface area (Å²) in [6.45, 7) is 0.576. The standard InChI is InChI=1S/C35H46N2O7/c1-43-29-19-22(6-9-25(29)38)7-10-26(39)32(27(40)11-8-23-18-28(41)33(42)30(20-23)44-2)35(24-12-17-37-31(36)21-24)16-5-15-34(35)13-3-4-14-34/h6,9,12,18-21,26,32,37-39,41-42H,3-5,7-8,10-11,13-17,36H2,1-2H3. The number of phenols is 3. The lowest BCUT2D eigenvalue weighted by Gasteiger charge is -2.52. The SMILES string of the molecule is COc1cc(CCC(O)C(C(=O)CCc2cc(O)c(O)c(OC)c2)C2(C3=CCNC(N)=C3)CCCC23CCCC3)ccc1O. The number of dihydropyridines is 1. The van der Waals surface area contributed by atoms with Crippen molar-refractivity contribution in [3.05, 3.63) is 65.0 Å². The number of hydrogen-bond acceptors (Lipinski definition) is 9. The Bertz CT molecular complexity index is 1420. The first-order valence-corrected chi connectivity index (χ1v) is 15.7. The number of aliphatic hydroxyl groups is 1. The van der Waals surface area contributed by atoms with Crippen LogP contribution in [0.5, 0.6) is 28.7 Å². The molecule has 0 amide bonds. The van der Waals surface area contributed by atoms with Gasteiger partial charge in [-0.2, -0.15) is 0 Å². The number of nitrogens with two attached hydrogens (primary N) is 1. The number of aryl methyl sites for hydroxylation is 2. The van der Waals surface area contributed by atoms with Crippen molar-refractivity contribution in [3.8, 4) is 28.7 Å². The fraction of sp³-hybridized carbons (Fsp3) is 0.514. The predicted octanol–water partition coefficient (Wildman–Crippen LogP) is 4.99. The van der Waals surface area contributed by atoms with E-state index in [-0.39, 0.29) is 40.6 Å². The van der Waals surface area contributed by atoms with Gasteiger partial charge < -0.3 is 41.0 Å². The second-order valence-electron chi connectivity index (χ2n) is 12.7. The molecule has 3 atom stereocenters. The number of ketones is 1. The van der Waals surface area contributed by atoms with Crippen LogP contribution in [-0.4, -0.2) is 53.1 Å². The summed E-state index contributed by atoms with van der Waals surface area (Å²) >= 11 is 0. The van der Waals surface area contributed by atoms with E-state index in [1.807, 2.05) is 12.1 Å². The average molecular weight is 607 g/mol. The largest absolute Gasteiger partial charge is 0.504 e. The van der Waals surface area contributed by atoms with Crippen molar-refractivity contribution >= 4 is 5.78 Å². The highest BCUT2D eigenvalue weighted by Crippen LogP contribution is 2.68. The average Bonchev–Trinajstić information content (AvgIpc) is 3.65. The third-order valence-electron chi connectivity index (χ3n) is 10.4. The molecule has 1 aliphatic heterocycles. The van der Waals surface area contributed by atoms with Gasteiger partial charge in [0, 0.05) is 18.4 Å². The third kappa shape index (κ3) is 5.82. The van der Waals surface area contributed by atoms with Crippen molar-refractivity contribution in [1.82, 2.24) is 5.32 Å². The first-order chi connectivity index (χ1) is 21.1. The zero-order valence-electron chi connectivity index (χ0n) is 25.8. The van der Waals surface area contributed by atoms with E-state index in [4.69, 9.17) is 15.2 Å². The van der Waals surface area contributed by atoms with Gasteiger partial charge in [0.15, 0.2) is 23.0 Å². The molecule has 2 saturated carbocycles. The van der Waals surface area contributed by atoms with Gasteiger partial charge >= 0.3 is 0 Å². The summed E-state index contributed by atoms with van der Waals surface area (Å²) in [5, 5.41) is 45.8. The monoisotopic (exact) mass is 606 g/mol. The van der Waals surface area contributed by atoms with E-state index in [1.165, 1.54) is 20.3 Å². The van der Waals surface area contributed by atoms with Crippen LogP contribution in [0.15, 0.2) is 53.9 Å². The molecule has 2 fully saturated rings. The number of allylic oxidation sites excluding steroid dienone is 2. The molecule has 3 aliphatic rings. The molecule has 7 N–H and O–H groups in total. The predicted molar refractivity (Wildman–Crippen MR) is 168 cm³/mol. The van der Waals surface area contributed by atoms with Gasteiger partial charge in [-0.1, -0.05) is 31.4 Å². The third-order valence-corrected chi connectivity index (χ3v) is 10.4. The summed E-state index contributed by atoms with van der Waals surface area (Å²) in [6, 6.07) is 8.26. The molecule has 5 rings (SSSR count). The smallest absolute Gasteiger partial charge is 0.200 e. The number of ether oxygens (including phenoxy) is 2. The normalized spacial score (nSPS) is 22.2. The van der Waals surface area contributed by atoms with Crippen LogP contribution in [0, 0.1) is 16.7 Å². The van der Waals surface area contributed by atoms with Crippen molar-refractivity contribution in [2.45, 2.75) is 76.7 Å². The van der Waals surface area contributed by atoms with E-state index in [2.05, 4.69) is 11.4 Å². The Labute approximate surface area is 259 Å². The van der Waals surface area contributed by atoms with Crippen molar-refractivity contribution < 1.29 is 34.7 Å². The van der Waals surface area contributed by atoms with Gasteiger partial charge in [0.2, 0.25) is 5.75 Å². The summed E-state index contributed by atoms with van der Waals surface area (Å²) in [5.41, 5.74) is 8.28.